The van der Waals surface area contributed by atoms with Crippen molar-refractivity contribution in [3.63, 3.8) is 0 Å². The van der Waals surface area contributed by atoms with Gasteiger partial charge in [0.05, 0.1) is 6.61 Å². The van der Waals surface area contributed by atoms with Crippen LogP contribution >= 0.6 is 7.82 Å². The summed E-state index contributed by atoms with van der Waals surface area (Å²) in [7, 11) is -4.40. The molecule has 0 aliphatic rings. The molecule has 0 unspecified atom stereocenters. The van der Waals surface area contributed by atoms with E-state index in [2.05, 4.69) is 141 Å². The Morgan fingerprint density at radius 3 is 0.750 bits per heavy atom. The highest BCUT2D eigenvalue weighted by molar-refractivity contribution is 7.46. The van der Waals surface area contributed by atoms with Crippen molar-refractivity contribution in [2.24, 2.45) is 0 Å². The van der Waals surface area contributed by atoms with Gasteiger partial charge in [0.15, 0.2) is 0 Å². The molecule has 2 N–H and O–H groups in total. The molecule has 5 heteroatoms. The molecule has 0 spiro atoms. The Balaban J connectivity index is 4.27. The normalized spacial score (nSPS) is 15.0. The molecule has 340 valence electrons. The third-order valence-electron chi connectivity index (χ3n) is 11.1. The minimum Gasteiger partial charge on any atom is -0.303 e. The van der Waals surface area contributed by atoms with E-state index in [9.17, 15) is 4.57 Å². The smallest absolute Gasteiger partial charge is 0.303 e. The van der Waals surface area contributed by atoms with Gasteiger partial charge in [-0.25, -0.2) is 4.57 Å². The zero-order chi connectivity index (χ0) is 45.2. The fourth-order valence-corrected chi connectivity index (χ4v) is 7.03. The molecule has 0 aromatic heterocycles. The van der Waals surface area contributed by atoms with E-state index >= 15 is 0 Å². The molecule has 0 fully saturated rings. The molecule has 0 rings (SSSR count). The summed E-state index contributed by atoms with van der Waals surface area (Å²) in [5.41, 5.74) is 15.9. The Morgan fingerprint density at radius 1 is 0.317 bits per heavy atom. The average Bonchev–Trinajstić information content (AvgIpc) is 3.15. The third kappa shape index (κ3) is 39.4. The molecule has 0 radical (unpaired) electrons. The summed E-state index contributed by atoms with van der Waals surface area (Å²) in [5.74, 6) is 0. The van der Waals surface area contributed by atoms with E-state index in [1.807, 2.05) is 6.92 Å². The van der Waals surface area contributed by atoms with Gasteiger partial charge in [0.25, 0.3) is 0 Å². The molecule has 0 aliphatic heterocycles. The van der Waals surface area contributed by atoms with E-state index in [1.165, 1.54) is 75.0 Å². The molecule has 0 aliphatic carbocycles. The van der Waals surface area contributed by atoms with Crippen molar-refractivity contribution in [2.45, 2.75) is 212 Å². The fourth-order valence-electron chi connectivity index (χ4n) is 6.76. The summed E-state index contributed by atoms with van der Waals surface area (Å²) in [5, 5.41) is 0. The minimum absolute atomic E-state index is 0.0549. The predicted octanol–water partition coefficient (Wildman–Crippen LogP) is 18.3. The van der Waals surface area contributed by atoms with Crippen LogP contribution in [0, 0.1) is 0 Å². The quantitative estimate of drug-likeness (QED) is 0.0392. The number of hydrogen-bond acceptors (Lipinski definition) is 2. The lowest BCUT2D eigenvalue weighted by Gasteiger charge is -2.05. The van der Waals surface area contributed by atoms with Crippen molar-refractivity contribution < 1.29 is 18.9 Å². The number of allylic oxidation sites excluding steroid dienone is 21. The second-order valence-electron chi connectivity index (χ2n) is 18.0. The van der Waals surface area contributed by atoms with Crippen LogP contribution in [0.15, 0.2) is 128 Å². The lowest BCUT2D eigenvalue weighted by atomic mass is 10.0. The summed E-state index contributed by atoms with van der Waals surface area (Å²) in [6, 6.07) is 0. The first-order chi connectivity index (χ1) is 28.4. The Kier molecular flexibility index (Phi) is 34.2. The first-order valence-electron chi connectivity index (χ1n) is 23.3. The highest BCUT2D eigenvalue weighted by atomic mass is 31.2. The van der Waals surface area contributed by atoms with E-state index in [1.54, 1.807) is 6.08 Å². The molecule has 60 heavy (non-hydrogen) atoms. The van der Waals surface area contributed by atoms with Gasteiger partial charge in [-0.05, 0) is 212 Å². The first-order valence-corrected chi connectivity index (χ1v) is 24.8. The van der Waals surface area contributed by atoms with Gasteiger partial charge in [-0.2, -0.15) is 0 Å². The maximum Gasteiger partial charge on any atom is 0.469 e. The van der Waals surface area contributed by atoms with Crippen LogP contribution in [-0.2, 0) is 9.09 Å². The molecule has 0 aromatic rings. The van der Waals surface area contributed by atoms with E-state index in [4.69, 9.17) is 9.79 Å². The number of rotatable bonds is 33. The van der Waals surface area contributed by atoms with Crippen molar-refractivity contribution in [3.05, 3.63) is 128 Å². The summed E-state index contributed by atoms with van der Waals surface area (Å²) < 4.78 is 15.3. The molecule has 0 bridgehead atoms. The molecule has 0 aromatic carbocycles. The van der Waals surface area contributed by atoms with Crippen LogP contribution in [0.4, 0.5) is 0 Å². The summed E-state index contributed by atoms with van der Waals surface area (Å²) in [6.45, 7) is 26.7. The number of phosphoric ester groups is 1. The van der Waals surface area contributed by atoms with E-state index < -0.39 is 7.82 Å². The highest BCUT2D eigenvalue weighted by Gasteiger charge is 2.11. The van der Waals surface area contributed by atoms with Gasteiger partial charge >= 0.3 is 7.82 Å². The zero-order valence-corrected chi connectivity index (χ0v) is 41.8. The van der Waals surface area contributed by atoms with Gasteiger partial charge in [-0.1, -0.05) is 128 Å². The Bertz CT molecular complexity index is 1600. The van der Waals surface area contributed by atoms with Crippen LogP contribution in [0.2, 0.25) is 0 Å². The van der Waals surface area contributed by atoms with Gasteiger partial charge in [0, 0.05) is 0 Å². The van der Waals surface area contributed by atoms with E-state index in [0.717, 1.165) is 115 Å². The Morgan fingerprint density at radius 2 is 0.517 bits per heavy atom. The topological polar surface area (TPSA) is 66.8 Å². The molecule has 0 amide bonds. The highest BCUT2D eigenvalue weighted by Crippen LogP contribution is 2.35. The predicted molar refractivity (Wildman–Crippen MR) is 267 cm³/mol. The molecule has 0 heterocycles. The lowest BCUT2D eigenvalue weighted by molar-refractivity contribution is 0.215. The summed E-state index contributed by atoms with van der Waals surface area (Å²) >= 11 is 0. The van der Waals surface area contributed by atoms with Gasteiger partial charge < -0.3 is 9.79 Å². The number of phosphoric acid groups is 1. The number of hydrogen-bond donors (Lipinski definition) is 2. The zero-order valence-electron chi connectivity index (χ0n) is 40.9. The summed E-state index contributed by atoms with van der Waals surface area (Å²) in [6.07, 6.45) is 48.1. The Hall–Kier alpha value is -2.75. The van der Waals surface area contributed by atoms with Crippen molar-refractivity contribution in [1.29, 1.82) is 0 Å². The number of unbranched alkanes of at least 4 members (excludes halogenated alkanes) is 1. The standard InChI is InChI=1S/C55H91O4P/c1-45(2)23-15-26-47(4)28-17-30-49(6)32-19-34-51(8)36-21-38-53(10)40-22-39-52(9)37-20-35-50(7)33-18-31-48(5)29-16-27-46(3)24-13-14-25-54(11)41-42-55(12)43-44-59-60(56,57)58/h23-25,28-29,32-33,36-37,40,43H,13-22,26-27,30-31,34-35,38-39,41-42,44H2,1-12H3,(H2,56,57,58)/b46-24-,47-28+,48-29-,49-32+,50-33-,51-36+,52-37-,53-40-,54-25-,55-43-. The van der Waals surface area contributed by atoms with Crippen molar-refractivity contribution >= 4 is 7.82 Å². The van der Waals surface area contributed by atoms with E-state index in [-0.39, 0.29) is 6.61 Å². The molecule has 0 atom stereocenters. The van der Waals surface area contributed by atoms with Crippen LogP contribution in [0.5, 0.6) is 0 Å². The molecular formula is C55H91O4P. The van der Waals surface area contributed by atoms with Crippen LogP contribution in [-0.4, -0.2) is 16.4 Å². The maximum absolute atomic E-state index is 10.8. The van der Waals surface area contributed by atoms with Crippen LogP contribution in [0.25, 0.3) is 0 Å². The van der Waals surface area contributed by atoms with Crippen molar-refractivity contribution in [3.8, 4) is 0 Å². The van der Waals surface area contributed by atoms with Crippen LogP contribution in [0.1, 0.15) is 212 Å². The van der Waals surface area contributed by atoms with Gasteiger partial charge in [0.2, 0.25) is 0 Å². The minimum atomic E-state index is -4.40. The maximum atomic E-state index is 10.8. The monoisotopic (exact) mass is 847 g/mol. The third-order valence-corrected chi connectivity index (χ3v) is 11.5. The van der Waals surface area contributed by atoms with Crippen LogP contribution < -0.4 is 0 Å². The second-order valence-corrected chi connectivity index (χ2v) is 19.2. The van der Waals surface area contributed by atoms with Gasteiger partial charge in [0.1, 0.15) is 0 Å². The average molecular weight is 847 g/mol. The fraction of sp³-hybridized carbons (Fsp3) is 0.600. The Labute approximate surface area is 371 Å². The van der Waals surface area contributed by atoms with E-state index in [0.29, 0.717) is 0 Å². The summed E-state index contributed by atoms with van der Waals surface area (Å²) in [4.78, 5) is 17.6. The molecule has 0 saturated carbocycles. The van der Waals surface area contributed by atoms with Crippen molar-refractivity contribution in [1.82, 2.24) is 0 Å². The first kappa shape index (κ1) is 57.2. The van der Waals surface area contributed by atoms with Gasteiger partial charge in [-0.3, -0.25) is 4.52 Å². The molecule has 0 saturated heterocycles. The van der Waals surface area contributed by atoms with Gasteiger partial charge in [-0.15, -0.1) is 0 Å². The largest absolute Gasteiger partial charge is 0.469 e. The molecule has 4 nitrogen and oxygen atoms in total. The second kappa shape index (κ2) is 35.8. The lowest BCUT2D eigenvalue weighted by Crippen LogP contribution is -1.90. The SMILES string of the molecule is CC(C)=CCC/C(C)=C/CC/C(C)=C/CC/C(C)=C/CC/C(C)=C\CC/C(C)=C\CC/C(C)=C\CC/C(C)=C\CC/C(C)=C\CC/C=C(/C)CC/C(C)=C\COP(=O)(O)O. The molecular weight excluding hydrogens is 756 g/mol. The van der Waals surface area contributed by atoms with Crippen molar-refractivity contribution in [2.75, 3.05) is 6.61 Å². The van der Waals surface area contributed by atoms with Crippen LogP contribution in [0.3, 0.4) is 0 Å².